The maximum absolute atomic E-state index is 12.6. The Morgan fingerprint density at radius 3 is 2.67 bits per heavy atom. The highest BCUT2D eigenvalue weighted by atomic mass is 32.1. The van der Waals surface area contributed by atoms with Gasteiger partial charge in [0.1, 0.15) is 0 Å². The van der Waals surface area contributed by atoms with E-state index in [9.17, 15) is 9.59 Å². The highest BCUT2D eigenvalue weighted by Gasteiger charge is 2.07. The predicted octanol–water partition coefficient (Wildman–Crippen LogP) is 1.66. The third kappa shape index (κ3) is 6.29. The number of hydrogen-bond donors (Lipinski definition) is 3. The third-order valence-corrected chi connectivity index (χ3v) is 5.30. The van der Waals surface area contributed by atoms with Crippen molar-refractivity contribution in [3.8, 4) is 0 Å². The Kier molecular flexibility index (Phi) is 8.67. The molecule has 0 aliphatic carbocycles. The summed E-state index contributed by atoms with van der Waals surface area (Å²) in [7, 11) is 0. The molecule has 7 heteroatoms. The number of para-hydroxylation sites is 1. The van der Waals surface area contributed by atoms with E-state index in [0.29, 0.717) is 23.1 Å². The summed E-state index contributed by atoms with van der Waals surface area (Å²) in [4.78, 5) is 29.1. The lowest BCUT2D eigenvalue weighted by atomic mass is 10.2. The molecule has 0 fully saturated rings. The van der Waals surface area contributed by atoms with E-state index in [1.807, 2.05) is 24.3 Å². The summed E-state index contributed by atoms with van der Waals surface area (Å²) in [5.74, 6) is 0.113. The quantitative estimate of drug-likeness (QED) is 0.403. The fourth-order valence-electron chi connectivity index (χ4n) is 3.20. The minimum absolute atomic E-state index is 0.0500. The van der Waals surface area contributed by atoms with Crippen molar-refractivity contribution in [2.75, 3.05) is 26.2 Å². The number of aromatic nitrogens is 2. The van der Waals surface area contributed by atoms with Gasteiger partial charge in [-0.3, -0.25) is 14.2 Å². The third-order valence-electron chi connectivity index (χ3n) is 4.98. The first-order valence-corrected chi connectivity index (χ1v) is 10.3. The van der Waals surface area contributed by atoms with Crippen LogP contribution in [0.4, 0.5) is 0 Å². The van der Waals surface area contributed by atoms with Gasteiger partial charge in [-0.2, -0.15) is 0 Å². The number of rotatable bonds is 11. The van der Waals surface area contributed by atoms with E-state index in [1.54, 1.807) is 4.57 Å². The lowest BCUT2D eigenvalue weighted by molar-refractivity contribution is -0.895. The molecule has 0 saturated carbocycles. The largest absolute Gasteiger partial charge is 0.350 e. The van der Waals surface area contributed by atoms with Gasteiger partial charge in [-0.25, -0.2) is 0 Å². The minimum atomic E-state index is -0.0500. The summed E-state index contributed by atoms with van der Waals surface area (Å²) in [6.07, 6.45) is 3.07. The Morgan fingerprint density at radius 2 is 1.93 bits per heavy atom. The molecule has 2 rings (SSSR count). The average molecular weight is 392 g/mol. The number of benzene rings is 1. The molecule has 27 heavy (non-hydrogen) atoms. The second-order valence-electron chi connectivity index (χ2n) is 6.80. The molecular formula is C20H31N4O2S+. The van der Waals surface area contributed by atoms with Gasteiger partial charge in [-0.1, -0.05) is 18.6 Å². The number of unbranched alkanes of at least 4 members (excludes halogenated alkanes) is 2. The van der Waals surface area contributed by atoms with Gasteiger partial charge in [-0.05, 0) is 51.0 Å². The number of likely N-dealkylation sites (N-methyl/N-ethyl adjacent to an activating group) is 1. The topological polar surface area (TPSA) is 71.3 Å². The van der Waals surface area contributed by atoms with Crippen LogP contribution in [0, 0.1) is 4.77 Å². The van der Waals surface area contributed by atoms with Gasteiger partial charge in [-0.15, -0.1) is 0 Å². The second kappa shape index (κ2) is 11.0. The number of H-pyrrole nitrogens is 1. The van der Waals surface area contributed by atoms with E-state index in [2.05, 4.69) is 24.1 Å². The van der Waals surface area contributed by atoms with Crippen LogP contribution in [-0.2, 0) is 11.3 Å². The number of carbonyl (C=O) groups is 1. The molecular weight excluding hydrogens is 360 g/mol. The molecule has 0 aliphatic rings. The Balaban J connectivity index is 1.73. The molecule has 0 spiro atoms. The van der Waals surface area contributed by atoms with Gasteiger partial charge in [0.15, 0.2) is 4.77 Å². The van der Waals surface area contributed by atoms with Crippen LogP contribution in [0.2, 0.25) is 0 Å². The molecule has 1 amide bonds. The second-order valence-corrected chi connectivity index (χ2v) is 7.19. The van der Waals surface area contributed by atoms with Crippen LogP contribution in [0.25, 0.3) is 10.9 Å². The number of aromatic amines is 1. The molecule has 0 bridgehead atoms. The molecule has 148 valence electrons. The normalized spacial score (nSPS) is 11.2. The van der Waals surface area contributed by atoms with E-state index in [0.717, 1.165) is 51.0 Å². The molecule has 0 unspecified atom stereocenters. The van der Waals surface area contributed by atoms with Crippen LogP contribution in [-0.4, -0.2) is 41.6 Å². The van der Waals surface area contributed by atoms with Crippen molar-refractivity contribution in [2.45, 2.75) is 46.1 Å². The summed E-state index contributed by atoms with van der Waals surface area (Å²) < 4.78 is 2.07. The summed E-state index contributed by atoms with van der Waals surface area (Å²) in [5.41, 5.74) is 0.720. The fraction of sp³-hybridized carbons (Fsp3) is 0.550. The number of nitrogens with one attached hydrogen (secondary N) is 3. The zero-order valence-electron chi connectivity index (χ0n) is 16.3. The average Bonchev–Trinajstić information content (AvgIpc) is 2.67. The first-order valence-electron chi connectivity index (χ1n) is 9.89. The van der Waals surface area contributed by atoms with Crippen molar-refractivity contribution < 1.29 is 9.69 Å². The zero-order chi connectivity index (χ0) is 19.6. The number of carbonyl (C=O) groups excluding carboxylic acids is 1. The number of amides is 1. The Morgan fingerprint density at radius 1 is 1.19 bits per heavy atom. The van der Waals surface area contributed by atoms with Gasteiger partial charge < -0.3 is 15.2 Å². The molecule has 0 aliphatic heterocycles. The fourth-order valence-corrected chi connectivity index (χ4v) is 3.49. The van der Waals surface area contributed by atoms with Gasteiger partial charge in [0.05, 0.1) is 37.1 Å². The maximum atomic E-state index is 12.6. The Hall–Kier alpha value is -1.99. The van der Waals surface area contributed by atoms with Crippen molar-refractivity contribution in [3.63, 3.8) is 0 Å². The number of fused-ring (bicyclic) bond motifs is 1. The highest BCUT2D eigenvalue weighted by Crippen LogP contribution is 2.07. The maximum Gasteiger partial charge on any atom is 0.262 e. The SMILES string of the molecule is CC[NH+](CC)CCNC(=O)CCCCCn1c(=S)[nH]c2ccccc2c1=O. The first kappa shape index (κ1) is 21.3. The van der Waals surface area contributed by atoms with Crippen LogP contribution < -0.4 is 15.8 Å². The molecule has 1 heterocycles. The molecule has 0 atom stereocenters. The predicted molar refractivity (Wildman–Crippen MR) is 112 cm³/mol. The van der Waals surface area contributed by atoms with Crippen LogP contribution >= 0.6 is 12.2 Å². The van der Waals surface area contributed by atoms with Gasteiger partial charge >= 0.3 is 0 Å². The lowest BCUT2D eigenvalue weighted by Gasteiger charge is -2.15. The van der Waals surface area contributed by atoms with E-state index < -0.39 is 0 Å². The number of nitrogens with zero attached hydrogens (tertiary/aromatic N) is 1. The molecule has 0 radical (unpaired) electrons. The molecule has 2 aromatic rings. The molecule has 1 aromatic heterocycles. The smallest absolute Gasteiger partial charge is 0.262 e. The molecule has 3 N–H and O–H groups in total. The van der Waals surface area contributed by atoms with Gasteiger partial charge in [0, 0.05) is 13.0 Å². The summed E-state index contributed by atoms with van der Waals surface area (Å²) in [6, 6.07) is 7.40. The molecule has 1 aromatic carbocycles. The monoisotopic (exact) mass is 391 g/mol. The van der Waals surface area contributed by atoms with E-state index in [1.165, 1.54) is 4.90 Å². The molecule has 6 nitrogen and oxygen atoms in total. The van der Waals surface area contributed by atoms with Gasteiger partial charge in [0.25, 0.3) is 5.56 Å². The number of quaternary nitrogens is 1. The van der Waals surface area contributed by atoms with Crippen LogP contribution in [0.15, 0.2) is 29.1 Å². The van der Waals surface area contributed by atoms with E-state index in [-0.39, 0.29) is 11.5 Å². The summed E-state index contributed by atoms with van der Waals surface area (Å²) in [6.45, 7) is 8.78. The Bertz CT molecular complexity index is 855. The van der Waals surface area contributed by atoms with Crippen LogP contribution in [0.5, 0.6) is 0 Å². The van der Waals surface area contributed by atoms with Crippen molar-refractivity contribution >= 4 is 29.0 Å². The lowest BCUT2D eigenvalue weighted by Crippen LogP contribution is -3.12. The van der Waals surface area contributed by atoms with Crippen LogP contribution in [0.3, 0.4) is 0 Å². The van der Waals surface area contributed by atoms with Crippen molar-refractivity contribution in [2.24, 2.45) is 0 Å². The van der Waals surface area contributed by atoms with Crippen LogP contribution in [0.1, 0.15) is 39.5 Å². The van der Waals surface area contributed by atoms with Gasteiger partial charge in [0.2, 0.25) is 5.91 Å². The summed E-state index contributed by atoms with van der Waals surface area (Å²) >= 11 is 5.32. The van der Waals surface area contributed by atoms with Crippen molar-refractivity contribution in [1.29, 1.82) is 0 Å². The molecule has 0 saturated heterocycles. The zero-order valence-corrected chi connectivity index (χ0v) is 17.2. The van der Waals surface area contributed by atoms with Crippen molar-refractivity contribution in [3.05, 3.63) is 39.4 Å². The van der Waals surface area contributed by atoms with Crippen molar-refractivity contribution in [1.82, 2.24) is 14.9 Å². The highest BCUT2D eigenvalue weighted by molar-refractivity contribution is 7.71. The van der Waals surface area contributed by atoms with E-state index in [4.69, 9.17) is 12.2 Å². The standard InChI is InChI=1S/C20H30N4O2S/c1-3-23(4-2)15-13-21-18(25)12-6-5-9-14-24-19(26)16-10-7-8-11-17(16)22-20(24)27/h7-8,10-11H,3-6,9,12-15H2,1-2H3,(H,21,25)(H,22,27)/p+1. The number of hydrogen-bond acceptors (Lipinski definition) is 3. The minimum Gasteiger partial charge on any atom is -0.350 e. The van der Waals surface area contributed by atoms with E-state index >= 15 is 0 Å². The Labute approximate surface area is 165 Å². The summed E-state index contributed by atoms with van der Waals surface area (Å²) in [5, 5.41) is 3.65. The first-order chi connectivity index (χ1) is 13.1.